The molecule has 0 saturated heterocycles. The van der Waals surface area contributed by atoms with Crippen LogP contribution in [0.3, 0.4) is 0 Å². The molecule has 0 bridgehead atoms. The standard InChI is InChI=1S/C24H24N2O3/c1-18-8-7-9-19(16-18)28-15-14-26-21-11-4-3-10-20(21)25-24(26)17-29-23-13-6-5-12-22(23)27-2/h3-13,16H,14-15,17H2,1-2H3. The van der Waals surface area contributed by atoms with E-state index in [2.05, 4.69) is 23.6 Å². The topological polar surface area (TPSA) is 45.5 Å². The molecule has 148 valence electrons. The van der Waals surface area contributed by atoms with Gasteiger partial charge in [0.2, 0.25) is 0 Å². The Morgan fingerprint density at radius 2 is 1.66 bits per heavy atom. The molecule has 0 fully saturated rings. The van der Waals surface area contributed by atoms with Crippen molar-refractivity contribution in [3.05, 3.63) is 84.2 Å². The van der Waals surface area contributed by atoms with Crippen molar-refractivity contribution in [2.45, 2.75) is 20.1 Å². The van der Waals surface area contributed by atoms with Crippen molar-refractivity contribution in [1.29, 1.82) is 0 Å². The number of hydrogen-bond donors (Lipinski definition) is 0. The molecular formula is C24H24N2O3. The number of imidazole rings is 1. The van der Waals surface area contributed by atoms with Crippen LogP contribution in [0.5, 0.6) is 17.2 Å². The van der Waals surface area contributed by atoms with E-state index in [1.54, 1.807) is 7.11 Å². The number of aromatic nitrogens is 2. The van der Waals surface area contributed by atoms with Crippen LogP contribution >= 0.6 is 0 Å². The van der Waals surface area contributed by atoms with Gasteiger partial charge in [-0.3, -0.25) is 0 Å². The highest BCUT2D eigenvalue weighted by Crippen LogP contribution is 2.27. The molecule has 3 aromatic carbocycles. The maximum Gasteiger partial charge on any atom is 0.161 e. The predicted octanol–water partition coefficient (Wildman–Crippen LogP) is 5.01. The number of rotatable bonds is 8. The Bertz CT molecular complexity index is 1100. The molecule has 5 heteroatoms. The van der Waals surface area contributed by atoms with Crippen molar-refractivity contribution >= 4 is 11.0 Å². The van der Waals surface area contributed by atoms with Crippen molar-refractivity contribution in [2.24, 2.45) is 0 Å². The Hall–Kier alpha value is -3.47. The summed E-state index contributed by atoms with van der Waals surface area (Å²) in [5, 5.41) is 0. The fourth-order valence-corrected chi connectivity index (χ4v) is 3.33. The minimum atomic E-state index is 0.347. The molecule has 0 atom stereocenters. The lowest BCUT2D eigenvalue weighted by molar-refractivity contribution is 0.262. The number of nitrogens with zero attached hydrogens (tertiary/aromatic N) is 2. The molecule has 1 heterocycles. The van der Waals surface area contributed by atoms with E-state index in [0.717, 1.165) is 22.6 Å². The lowest BCUT2D eigenvalue weighted by Crippen LogP contribution is -2.13. The average Bonchev–Trinajstić information content (AvgIpc) is 3.10. The summed E-state index contributed by atoms with van der Waals surface area (Å²) in [6.07, 6.45) is 0. The fraction of sp³-hybridized carbons (Fsp3) is 0.208. The van der Waals surface area contributed by atoms with Crippen LogP contribution < -0.4 is 14.2 Å². The lowest BCUT2D eigenvalue weighted by atomic mass is 10.2. The molecule has 0 unspecified atom stereocenters. The maximum absolute atomic E-state index is 6.02. The molecule has 0 amide bonds. The van der Waals surface area contributed by atoms with E-state index in [1.165, 1.54) is 5.56 Å². The number of ether oxygens (including phenoxy) is 3. The van der Waals surface area contributed by atoms with E-state index in [4.69, 9.17) is 19.2 Å². The maximum atomic E-state index is 6.02. The summed E-state index contributed by atoms with van der Waals surface area (Å²) in [5.41, 5.74) is 3.20. The van der Waals surface area contributed by atoms with Gasteiger partial charge >= 0.3 is 0 Å². The van der Waals surface area contributed by atoms with Crippen LogP contribution in [0.15, 0.2) is 72.8 Å². The summed E-state index contributed by atoms with van der Waals surface area (Å²) >= 11 is 0. The number of benzene rings is 3. The first kappa shape index (κ1) is 18.9. The summed E-state index contributed by atoms with van der Waals surface area (Å²) in [5.74, 6) is 3.13. The van der Waals surface area contributed by atoms with Crippen LogP contribution in [0.25, 0.3) is 11.0 Å². The van der Waals surface area contributed by atoms with Gasteiger partial charge in [0.05, 0.1) is 24.7 Å². The van der Waals surface area contributed by atoms with Crippen LogP contribution in [0, 0.1) is 6.92 Å². The average molecular weight is 388 g/mol. The molecule has 5 nitrogen and oxygen atoms in total. The van der Waals surface area contributed by atoms with Gasteiger partial charge in [0.25, 0.3) is 0 Å². The second-order valence-electron chi connectivity index (χ2n) is 6.77. The third-order valence-electron chi connectivity index (χ3n) is 4.73. The van der Waals surface area contributed by atoms with Gasteiger partial charge in [-0.25, -0.2) is 4.98 Å². The van der Waals surface area contributed by atoms with E-state index in [9.17, 15) is 0 Å². The Morgan fingerprint density at radius 1 is 0.862 bits per heavy atom. The van der Waals surface area contributed by atoms with E-state index >= 15 is 0 Å². The molecule has 0 aliphatic rings. The molecule has 1 aromatic heterocycles. The van der Waals surface area contributed by atoms with Gasteiger partial charge in [-0.15, -0.1) is 0 Å². The number of methoxy groups -OCH3 is 1. The number of aryl methyl sites for hydroxylation is 1. The van der Waals surface area contributed by atoms with Crippen LogP contribution in [-0.4, -0.2) is 23.3 Å². The van der Waals surface area contributed by atoms with Gasteiger partial charge in [-0.2, -0.15) is 0 Å². The van der Waals surface area contributed by atoms with Crippen molar-refractivity contribution in [2.75, 3.05) is 13.7 Å². The molecule has 0 aliphatic carbocycles. The van der Waals surface area contributed by atoms with Crippen LogP contribution in [0.4, 0.5) is 0 Å². The molecule has 0 saturated carbocycles. The summed E-state index contributed by atoms with van der Waals surface area (Å²) in [7, 11) is 1.64. The molecular weight excluding hydrogens is 364 g/mol. The second-order valence-corrected chi connectivity index (χ2v) is 6.77. The smallest absolute Gasteiger partial charge is 0.161 e. The van der Waals surface area contributed by atoms with Gasteiger partial charge < -0.3 is 18.8 Å². The second kappa shape index (κ2) is 8.69. The van der Waals surface area contributed by atoms with E-state index < -0.39 is 0 Å². The zero-order valence-electron chi connectivity index (χ0n) is 16.7. The molecule has 29 heavy (non-hydrogen) atoms. The lowest BCUT2D eigenvalue weighted by Gasteiger charge is -2.13. The quantitative estimate of drug-likeness (QED) is 0.426. The van der Waals surface area contributed by atoms with E-state index in [-0.39, 0.29) is 0 Å². The zero-order chi connectivity index (χ0) is 20.1. The Balaban J connectivity index is 1.52. The highest BCUT2D eigenvalue weighted by molar-refractivity contribution is 5.75. The van der Waals surface area contributed by atoms with Crippen LogP contribution in [0.2, 0.25) is 0 Å². The molecule has 0 aliphatic heterocycles. The van der Waals surface area contributed by atoms with Crippen LogP contribution in [-0.2, 0) is 13.2 Å². The minimum absolute atomic E-state index is 0.347. The minimum Gasteiger partial charge on any atom is -0.493 e. The highest BCUT2D eigenvalue weighted by atomic mass is 16.5. The normalized spacial score (nSPS) is 10.8. The molecule has 4 aromatic rings. The Kier molecular flexibility index (Phi) is 5.66. The van der Waals surface area contributed by atoms with Crippen molar-refractivity contribution < 1.29 is 14.2 Å². The molecule has 0 N–H and O–H groups in total. The largest absolute Gasteiger partial charge is 0.493 e. The summed E-state index contributed by atoms with van der Waals surface area (Å²) in [6.45, 7) is 3.63. The molecule has 0 radical (unpaired) electrons. The number of para-hydroxylation sites is 4. The van der Waals surface area contributed by atoms with Crippen molar-refractivity contribution in [3.8, 4) is 17.2 Å². The summed E-state index contributed by atoms with van der Waals surface area (Å²) in [4.78, 5) is 4.76. The highest BCUT2D eigenvalue weighted by Gasteiger charge is 2.12. The molecule has 4 rings (SSSR count). The van der Waals surface area contributed by atoms with Crippen LogP contribution in [0.1, 0.15) is 11.4 Å². The number of fused-ring (bicyclic) bond motifs is 1. The first-order chi connectivity index (χ1) is 14.2. The summed E-state index contributed by atoms with van der Waals surface area (Å²) in [6, 6.07) is 23.8. The summed E-state index contributed by atoms with van der Waals surface area (Å²) < 4.78 is 19.5. The van der Waals surface area contributed by atoms with Gasteiger partial charge in [0.1, 0.15) is 24.8 Å². The fourth-order valence-electron chi connectivity index (χ4n) is 3.33. The van der Waals surface area contributed by atoms with Gasteiger partial charge in [0.15, 0.2) is 11.5 Å². The SMILES string of the molecule is COc1ccccc1OCc1nc2ccccc2n1CCOc1cccc(C)c1. The molecule has 0 spiro atoms. The Morgan fingerprint density at radius 3 is 2.48 bits per heavy atom. The Labute approximate surface area is 170 Å². The third-order valence-corrected chi connectivity index (χ3v) is 4.73. The van der Waals surface area contributed by atoms with Gasteiger partial charge in [-0.05, 0) is 48.9 Å². The third kappa shape index (κ3) is 4.35. The van der Waals surface area contributed by atoms with Crippen molar-refractivity contribution in [3.63, 3.8) is 0 Å². The monoisotopic (exact) mass is 388 g/mol. The van der Waals surface area contributed by atoms with Crippen molar-refractivity contribution in [1.82, 2.24) is 9.55 Å². The predicted molar refractivity (Wildman–Crippen MR) is 114 cm³/mol. The first-order valence-corrected chi connectivity index (χ1v) is 9.64. The van der Waals surface area contributed by atoms with E-state index in [1.807, 2.05) is 60.7 Å². The first-order valence-electron chi connectivity index (χ1n) is 9.64. The van der Waals surface area contributed by atoms with Gasteiger partial charge in [-0.1, -0.05) is 36.4 Å². The number of hydrogen-bond acceptors (Lipinski definition) is 4. The van der Waals surface area contributed by atoms with Gasteiger partial charge in [0, 0.05) is 0 Å². The zero-order valence-corrected chi connectivity index (χ0v) is 16.7. The van der Waals surface area contributed by atoms with E-state index in [0.29, 0.717) is 31.3 Å².